The summed E-state index contributed by atoms with van der Waals surface area (Å²) in [5.41, 5.74) is 2.67. The summed E-state index contributed by atoms with van der Waals surface area (Å²) in [7, 11) is 0. The van der Waals surface area contributed by atoms with Gasteiger partial charge in [-0.15, -0.1) is 0 Å². The number of rotatable bonds is 5. The lowest BCUT2D eigenvalue weighted by atomic mass is 9.99. The van der Waals surface area contributed by atoms with Crippen molar-refractivity contribution in [1.29, 1.82) is 5.26 Å². The number of aromatic amines is 1. The number of nitriles is 1. The van der Waals surface area contributed by atoms with Gasteiger partial charge in [0.1, 0.15) is 11.6 Å². The highest BCUT2D eigenvalue weighted by atomic mass is 35.5. The van der Waals surface area contributed by atoms with E-state index < -0.39 is 5.56 Å². The van der Waals surface area contributed by atoms with Crippen LogP contribution in [0.3, 0.4) is 0 Å². The molecule has 1 unspecified atom stereocenters. The number of carbonyl (C=O) groups is 1. The first kappa shape index (κ1) is 20.0. The van der Waals surface area contributed by atoms with Crippen molar-refractivity contribution < 1.29 is 4.79 Å². The van der Waals surface area contributed by atoms with Gasteiger partial charge in [0.2, 0.25) is 5.91 Å². The molecule has 0 aliphatic rings. The number of halogens is 2. The minimum absolute atomic E-state index is 0.0928. The highest BCUT2D eigenvalue weighted by Crippen LogP contribution is 2.25. The van der Waals surface area contributed by atoms with Gasteiger partial charge < -0.3 is 10.3 Å². The van der Waals surface area contributed by atoms with Crippen LogP contribution in [0.25, 0.3) is 0 Å². The number of pyridine rings is 1. The van der Waals surface area contributed by atoms with Gasteiger partial charge >= 0.3 is 0 Å². The Kier molecular flexibility index (Phi) is 6.47. The van der Waals surface area contributed by atoms with Crippen LogP contribution in [0, 0.1) is 25.2 Å². The van der Waals surface area contributed by atoms with E-state index in [1.54, 1.807) is 26.0 Å². The van der Waals surface area contributed by atoms with Crippen LogP contribution in [0.5, 0.6) is 0 Å². The summed E-state index contributed by atoms with van der Waals surface area (Å²) in [5, 5.41) is 12.9. The van der Waals surface area contributed by atoms with E-state index in [1.807, 2.05) is 19.1 Å². The van der Waals surface area contributed by atoms with Crippen LogP contribution >= 0.6 is 23.2 Å². The molecular formula is C19H19Cl2N3O2. The Morgan fingerprint density at radius 2 is 2.00 bits per heavy atom. The molecule has 26 heavy (non-hydrogen) atoms. The predicted octanol–water partition coefficient (Wildman–Crippen LogP) is 3.98. The van der Waals surface area contributed by atoms with Crippen molar-refractivity contribution in [2.75, 3.05) is 0 Å². The Labute approximate surface area is 161 Å². The van der Waals surface area contributed by atoms with Gasteiger partial charge in [-0.25, -0.2) is 0 Å². The zero-order valence-corrected chi connectivity index (χ0v) is 16.3. The molecule has 136 valence electrons. The van der Waals surface area contributed by atoms with Gasteiger partial charge in [0.05, 0.1) is 16.1 Å². The topological polar surface area (TPSA) is 85.8 Å². The van der Waals surface area contributed by atoms with Crippen LogP contribution in [0.2, 0.25) is 10.0 Å². The third-order valence-electron chi connectivity index (χ3n) is 4.34. The highest BCUT2D eigenvalue weighted by Gasteiger charge is 2.15. The molecule has 0 spiro atoms. The lowest BCUT2D eigenvalue weighted by Gasteiger charge is -2.16. The Hall–Kier alpha value is -2.29. The molecule has 0 aliphatic carbocycles. The van der Waals surface area contributed by atoms with Gasteiger partial charge in [-0.1, -0.05) is 29.3 Å². The van der Waals surface area contributed by atoms with Gasteiger partial charge in [0.25, 0.3) is 5.56 Å². The highest BCUT2D eigenvalue weighted by molar-refractivity contribution is 6.42. The van der Waals surface area contributed by atoms with E-state index in [-0.39, 0.29) is 23.9 Å². The van der Waals surface area contributed by atoms with Crippen molar-refractivity contribution in [3.63, 3.8) is 0 Å². The maximum absolute atomic E-state index is 12.3. The second-order valence-electron chi connectivity index (χ2n) is 6.13. The molecule has 1 heterocycles. The predicted molar refractivity (Wildman–Crippen MR) is 103 cm³/mol. The first-order chi connectivity index (χ1) is 12.2. The molecular weight excluding hydrogens is 373 g/mol. The smallest absolute Gasteiger partial charge is 0.266 e. The summed E-state index contributed by atoms with van der Waals surface area (Å²) < 4.78 is 0. The van der Waals surface area contributed by atoms with E-state index in [0.717, 1.165) is 11.1 Å². The molecule has 1 aromatic carbocycles. The zero-order chi connectivity index (χ0) is 19.4. The van der Waals surface area contributed by atoms with Gasteiger partial charge in [-0.05, 0) is 56.0 Å². The zero-order valence-electron chi connectivity index (χ0n) is 14.7. The lowest BCUT2D eigenvalue weighted by molar-refractivity contribution is -0.121. The van der Waals surface area contributed by atoms with Crippen LogP contribution in [0.1, 0.15) is 47.3 Å². The van der Waals surface area contributed by atoms with Crippen LogP contribution in [-0.4, -0.2) is 10.9 Å². The fraction of sp³-hybridized carbons (Fsp3) is 0.316. The molecule has 1 atom stereocenters. The number of H-pyrrole nitrogens is 1. The van der Waals surface area contributed by atoms with Crippen molar-refractivity contribution in [2.24, 2.45) is 0 Å². The molecule has 7 heteroatoms. The van der Waals surface area contributed by atoms with Crippen molar-refractivity contribution >= 4 is 29.1 Å². The molecule has 5 nitrogen and oxygen atoms in total. The Bertz CT molecular complexity index is 945. The van der Waals surface area contributed by atoms with E-state index >= 15 is 0 Å². The molecule has 1 aromatic heterocycles. The Morgan fingerprint density at radius 1 is 1.31 bits per heavy atom. The molecule has 0 saturated carbocycles. The molecule has 0 aliphatic heterocycles. The van der Waals surface area contributed by atoms with Crippen molar-refractivity contribution in [2.45, 2.75) is 39.7 Å². The third-order valence-corrected chi connectivity index (χ3v) is 5.08. The summed E-state index contributed by atoms with van der Waals surface area (Å²) in [6.07, 6.45) is 0.674. The second-order valence-corrected chi connectivity index (χ2v) is 6.95. The number of nitrogens with one attached hydrogen (secondary N) is 2. The minimum atomic E-state index is -0.399. The fourth-order valence-electron chi connectivity index (χ4n) is 2.84. The summed E-state index contributed by atoms with van der Waals surface area (Å²) in [6.45, 7) is 5.36. The Balaban J connectivity index is 2.06. The first-order valence-corrected chi connectivity index (χ1v) is 8.87. The van der Waals surface area contributed by atoms with E-state index in [0.29, 0.717) is 27.7 Å². The molecule has 0 radical (unpaired) electrons. The number of hydrogen-bond acceptors (Lipinski definition) is 3. The number of amides is 1. The van der Waals surface area contributed by atoms with E-state index in [9.17, 15) is 9.59 Å². The summed E-state index contributed by atoms with van der Waals surface area (Å²) in [4.78, 5) is 26.7. The van der Waals surface area contributed by atoms with Gasteiger partial charge in [0, 0.05) is 12.1 Å². The molecule has 0 saturated heterocycles. The number of carbonyl (C=O) groups excluding carboxylic acids is 1. The van der Waals surface area contributed by atoms with Crippen molar-refractivity contribution in [3.05, 3.63) is 66.5 Å². The Morgan fingerprint density at radius 3 is 2.62 bits per heavy atom. The summed E-state index contributed by atoms with van der Waals surface area (Å²) >= 11 is 11.9. The molecule has 0 fully saturated rings. The van der Waals surface area contributed by atoms with Crippen LogP contribution in [0.15, 0.2) is 23.0 Å². The van der Waals surface area contributed by atoms with Gasteiger partial charge in [0.15, 0.2) is 0 Å². The maximum atomic E-state index is 12.3. The second kappa shape index (κ2) is 8.39. The minimum Gasteiger partial charge on any atom is -0.350 e. The largest absolute Gasteiger partial charge is 0.350 e. The standard InChI is InChI=1S/C19H19Cl2N3O2/c1-10-14(12(3)24-19(26)15(10)9-22)5-7-18(25)23-11(2)13-4-6-16(20)17(21)8-13/h4,6,8,11H,5,7H2,1-3H3,(H,23,25)(H,24,26). The summed E-state index contributed by atoms with van der Waals surface area (Å²) in [6, 6.07) is 6.93. The molecule has 2 N–H and O–H groups in total. The molecule has 2 aromatic rings. The van der Waals surface area contributed by atoms with Gasteiger partial charge in [-0.3, -0.25) is 9.59 Å². The molecule has 1 amide bonds. The van der Waals surface area contributed by atoms with Crippen molar-refractivity contribution in [1.82, 2.24) is 10.3 Å². The normalized spacial score (nSPS) is 11.7. The number of benzene rings is 1. The number of aryl methyl sites for hydroxylation is 1. The summed E-state index contributed by atoms with van der Waals surface area (Å²) in [5.74, 6) is -0.132. The number of nitrogens with zero attached hydrogens (tertiary/aromatic N) is 1. The van der Waals surface area contributed by atoms with Crippen LogP contribution < -0.4 is 10.9 Å². The number of hydrogen-bond donors (Lipinski definition) is 2. The van der Waals surface area contributed by atoms with E-state index in [4.69, 9.17) is 28.5 Å². The first-order valence-electron chi connectivity index (χ1n) is 8.11. The third kappa shape index (κ3) is 4.46. The lowest BCUT2D eigenvalue weighted by Crippen LogP contribution is -2.27. The SMILES string of the molecule is Cc1[nH]c(=O)c(C#N)c(C)c1CCC(=O)NC(C)c1ccc(Cl)c(Cl)c1. The number of aromatic nitrogens is 1. The quantitative estimate of drug-likeness (QED) is 0.807. The maximum Gasteiger partial charge on any atom is 0.266 e. The monoisotopic (exact) mass is 391 g/mol. The van der Waals surface area contributed by atoms with Crippen molar-refractivity contribution in [3.8, 4) is 6.07 Å². The molecule has 2 rings (SSSR count). The fourth-order valence-corrected chi connectivity index (χ4v) is 3.14. The van der Waals surface area contributed by atoms with E-state index in [2.05, 4.69) is 10.3 Å². The average Bonchev–Trinajstić information content (AvgIpc) is 2.57. The van der Waals surface area contributed by atoms with Gasteiger partial charge in [-0.2, -0.15) is 5.26 Å². The molecule has 0 bridgehead atoms. The van der Waals surface area contributed by atoms with Crippen LogP contribution in [-0.2, 0) is 11.2 Å². The van der Waals surface area contributed by atoms with Crippen LogP contribution in [0.4, 0.5) is 0 Å². The average molecular weight is 392 g/mol. The van der Waals surface area contributed by atoms with E-state index in [1.165, 1.54) is 0 Å².